The van der Waals surface area contributed by atoms with Crippen LogP contribution in [0.5, 0.6) is 0 Å². The van der Waals surface area contributed by atoms with Gasteiger partial charge in [-0.05, 0) is 64.2 Å². The summed E-state index contributed by atoms with van der Waals surface area (Å²) in [5.74, 6) is -0.307. The van der Waals surface area contributed by atoms with Crippen LogP contribution in [0.3, 0.4) is 0 Å². The van der Waals surface area contributed by atoms with Crippen LogP contribution in [0.25, 0.3) is 0 Å². The third-order valence-corrected chi connectivity index (χ3v) is 12.1. The molecule has 3 aliphatic rings. The number of hydrogen-bond donors (Lipinski definition) is 12. The van der Waals surface area contributed by atoms with Gasteiger partial charge in [-0.3, -0.25) is 4.79 Å². The minimum absolute atomic E-state index is 0.219. The number of aliphatic hydroxyl groups excluding tert-OH is 11. The number of aliphatic hydroxyl groups is 11. The number of carbonyl (C=O) groups is 1. The Balaban J connectivity index is 1.60. The van der Waals surface area contributed by atoms with Gasteiger partial charge in [0.05, 0.1) is 38.6 Å². The number of allylic oxidation sites excluding steroid dienone is 7. The van der Waals surface area contributed by atoms with Crippen molar-refractivity contribution in [3.63, 3.8) is 0 Å². The molecule has 17 atom stereocenters. The zero-order valence-corrected chi connectivity index (χ0v) is 39.4. The fourth-order valence-corrected chi connectivity index (χ4v) is 7.98. The smallest absolute Gasteiger partial charge is 0.220 e. The Morgan fingerprint density at radius 1 is 0.537 bits per heavy atom. The highest BCUT2D eigenvalue weighted by Crippen LogP contribution is 2.33. The molecule has 0 aromatic carbocycles. The summed E-state index contributed by atoms with van der Waals surface area (Å²) in [5, 5.41) is 119. The van der Waals surface area contributed by atoms with Crippen LogP contribution in [-0.2, 0) is 33.2 Å². The normalized spacial score (nSPS) is 33.9. The molecule has 67 heavy (non-hydrogen) atoms. The maximum atomic E-state index is 13.1. The van der Waals surface area contributed by atoms with Crippen molar-refractivity contribution in [1.29, 1.82) is 0 Å². The van der Waals surface area contributed by atoms with E-state index in [0.717, 1.165) is 64.2 Å². The average Bonchev–Trinajstić information content (AvgIpc) is 3.32. The summed E-state index contributed by atoms with van der Waals surface area (Å²) < 4.78 is 34.0. The first kappa shape index (κ1) is 59.1. The van der Waals surface area contributed by atoms with Crippen LogP contribution in [0.2, 0.25) is 0 Å². The van der Waals surface area contributed by atoms with Gasteiger partial charge in [0.2, 0.25) is 5.91 Å². The van der Waals surface area contributed by atoms with Crippen LogP contribution < -0.4 is 5.32 Å². The SMILES string of the molecule is CC/C=C/CC/C=C/CC/C=C/C(O)C(COC1OC(CO)C(OC2OC(CO)C(OC3OC(CO)C(O)C(O)C3O)C(O)C2O)C(O)C1O)NC(=O)CCCCCCC/C=C\CCCCC. The Labute approximate surface area is 395 Å². The topological polar surface area (TPSA) is 307 Å². The summed E-state index contributed by atoms with van der Waals surface area (Å²) >= 11 is 0. The van der Waals surface area contributed by atoms with E-state index in [1.54, 1.807) is 12.2 Å². The molecule has 0 aromatic heterocycles. The van der Waals surface area contributed by atoms with Crippen molar-refractivity contribution in [1.82, 2.24) is 5.32 Å². The van der Waals surface area contributed by atoms with Crippen LogP contribution in [0.1, 0.15) is 117 Å². The van der Waals surface area contributed by atoms with E-state index >= 15 is 0 Å². The molecule has 1 amide bonds. The lowest BCUT2D eigenvalue weighted by atomic mass is 9.96. The quantitative estimate of drug-likeness (QED) is 0.0328. The molecule has 3 heterocycles. The first-order chi connectivity index (χ1) is 32.3. The molecular formula is C48H83NO18. The Hall–Kier alpha value is -2.25. The summed E-state index contributed by atoms with van der Waals surface area (Å²) in [4.78, 5) is 13.1. The molecule has 17 unspecified atom stereocenters. The van der Waals surface area contributed by atoms with Crippen molar-refractivity contribution in [2.45, 2.75) is 221 Å². The second kappa shape index (κ2) is 33.4. The Morgan fingerprint density at radius 3 is 1.57 bits per heavy atom. The van der Waals surface area contributed by atoms with Gasteiger partial charge in [0.15, 0.2) is 18.9 Å². The molecule has 19 nitrogen and oxygen atoms in total. The van der Waals surface area contributed by atoms with Crippen molar-refractivity contribution in [3.05, 3.63) is 48.6 Å². The summed E-state index contributed by atoms with van der Waals surface area (Å²) in [6, 6.07) is -0.996. The van der Waals surface area contributed by atoms with Gasteiger partial charge in [0, 0.05) is 6.42 Å². The Kier molecular flexibility index (Phi) is 29.4. The molecule has 19 heteroatoms. The van der Waals surface area contributed by atoms with E-state index in [1.165, 1.54) is 19.3 Å². The van der Waals surface area contributed by atoms with Gasteiger partial charge in [0.25, 0.3) is 0 Å². The van der Waals surface area contributed by atoms with Gasteiger partial charge in [-0.25, -0.2) is 0 Å². The van der Waals surface area contributed by atoms with Crippen LogP contribution >= 0.6 is 0 Å². The van der Waals surface area contributed by atoms with Gasteiger partial charge in [0.1, 0.15) is 73.2 Å². The number of hydrogen-bond acceptors (Lipinski definition) is 18. The molecule has 0 aromatic rings. The average molecular weight is 962 g/mol. The summed E-state index contributed by atoms with van der Waals surface area (Å²) in [6.07, 6.45) is 4.33. The lowest BCUT2D eigenvalue weighted by molar-refractivity contribution is -0.379. The third kappa shape index (κ3) is 19.8. The van der Waals surface area contributed by atoms with E-state index < -0.39 is 124 Å². The molecule has 0 saturated carbocycles. The van der Waals surface area contributed by atoms with E-state index in [-0.39, 0.29) is 18.9 Å². The first-order valence-electron chi connectivity index (χ1n) is 24.4. The van der Waals surface area contributed by atoms with Crippen LogP contribution in [0, 0.1) is 0 Å². The van der Waals surface area contributed by atoms with Gasteiger partial charge in [-0.2, -0.15) is 0 Å². The van der Waals surface area contributed by atoms with Gasteiger partial charge in [-0.15, -0.1) is 0 Å². The first-order valence-corrected chi connectivity index (χ1v) is 24.4. The fourth-order valence-electron chi connectivity index (χ4n) is 7.98. The number of nitrogens with one attached hydrogen (secondary N) is 1. The summed E-state index contributed by atoms with van der Waals surface area (Å²) in [7, 11) is 0. The monoisotopic (exact) mass is 962 g/mol. The maximum Gasteiger partial charge on any atom is 0.220 e. The lowest BCUT2D eigenvalue weighted by Gasteiger charge is -2.48. The van der Waals surface area contributed by atoms with Gasteiger partial charge < -0.3 is 89.9 Å². The Bertz CT molecular complexity index is 1430. The van der Waals surface area contributed by atoms with E-state index in [1.807, 2.05) is 0 Å². The molecule has 0 radical (unpaired) electrons. The predicted octanol–water partition coefficient (Wildman–Crippen LogP) is 0.803. The van der Waals surface area contributed by atoms with Crippen LogP contribution in [-0.4, -0.2) is 193 Å². The third-order valence-electron chi connectivity index (χ3n) is 12.1. The summed E-state index contributed by atoms with van der Waals surface area (Å²) in [5.41, 5.74) is 0. The van der Waals surface area contributed by atoms with E-state index in [2.05, 4.69) is 55.6 Å². The van der Waals surface area contributed by atoms with Crippen LogP contribution in [0.15, 0.2) is 48.6 Å². The van der Waals surface area contributed by atoms with Gasteiger partial charge in [-0.1, -0.05) is 94.6 Å². The summed E-state index contributed by atoms with van der Waals surface area (Å²) in [6.45, 7) is 1.47. The zero-order chi connectivity index (χ0) is 49.1. The molecule has 388 valence electrons. The number of ether oxygens (including phenoxy) is 6. The molecular weight excluding hydrogens is 879 g/mol. The molecule has 3 aliphatic heterocycles. The molecule has 12 N–H and O–H groups in total. The van der Waals surface area contributed by atoms with E-state index in [4.69, 9.17) is 28.4 Å². The minimum atomic E-state index is -1.98. The van der Waals surface area contributed by atoms with Crippen molar-refractivity contribution in [3.8, 4) is 0 Å². The second-order valence-corrected chi connectivity index (χ2v) is 17.5. The number of unbranched alkanes of at least 4 members (excludes halogenated alkanes) is 10. The highest BCUT2D eigenvalue weighted by Gasteiger charge is 2.53. The molecule has 3 saturated heterocycles. The van der Waals surface area contributed by atoms with Crippen molar-refractivity contribution in [2.75, 3.05) is 26.4 Å². The predicted molar refractivity (Wildman–Crippen MR) is 245 cm³/mol. The van der Waals surface area contributed by atoms with E-state index in [0.29, 0.717) is 12.8 Å². The Morgan fingerprint density at radius 2 is 1.00 bits per heavy atom. The molecule has 0 bridgehead atoms. The maximum absolute atomic E-state index is 13.1. The highest BCUT2D eigenvalue weighted by atomic mass is 16.8. The number of rotatable bonds is 32. The van der Waals surface area contributed by atoms with Crippen molar-refractivity contribution < 1.29 is 89.4 Å². The van der Waals surface area contributed by atoms with Crippen molar-refractivity contribution >= 4 is 5.91 Å². The zero-order valence-electron chi connectivity index (χ0n) is 39.4. The molecule has 0 aliphatic carbocycles. The highest BCUT2D eigenvalue weighted by molar-refractivity contribution is 5.76. The van der Waals surface area contributed by atoms with Gasteiger partial charge >= 0.3 is 0 Å². The second-order valence-electron chi connectivity index (χ2n) is 17.5. The standard InChI is InChI=1S/C48H83NO18/c1-3-5-7-9-11-13-15-16-18-20-22-24-26-36(54)49-31(32(53)25-23-21-19-17-14-12-10-8-6-4-2)30-62-46-42(60)39(57)44(34(28-51)64-46)67-48-43(61)40(58)45(35(29-52)65-48)66-47-41(59)38(56)37(55)33(27-50)63-47/h6,8,11,13-14,17,23,25,31-35,37-48,50-53,55-61H,3-5,7,9-10,12,15-16,18-22,24,26-30H2,1-2H3,(H,49,54)/b8-6+,13-11-,17-14+,25-23+. The van der Waals surface area contributed by atoms with E-state index in [9.17, 15) is 61.0 Å². The number of amides is 1. The molecule has 0 spiro atoms. The van der Waals surface area contributed by atoms with Crippen LogP contribution in [0.4, 0.5) is 0 Å². The molecule has 3 fully saturated rings. The molecule has 3 rings (SSSR count). The number of carbonyl (C=O) groups excluding carboxylic acids is 1. The minimum Gasteiger partial charge on any atom is -0.394 e. The fraction of sp³-hybridized carbons (Fsp3) is 0.812. The van der Waals surface area contributed by atoms with Crippen molar-refractivity contribution in [2.24, 2.45) is 0 Å². The lowest BCUT2D eigenvalue weighted by Crippen LogP contribution is -2.66. The largest absolute Gasteiger partial charge is 0.394 e.